The highest BCUT2D eigenvalue weighted by atomic mass is 32.1. The Kier molecular flexibility index (Phi) is 3.09. The fourth-order valence-corrected chi connectivity index (χ4v) is 1.80. The molecule has 0 bridgehead atoms. The van der Waals surface area contributed by atoms with Crippen LogP contribution in [-0.4, -0.2) is 11.2 Å². The molecule has 0 aliphatic carbocycles. The van der Waals surface area contributed by atoms with Crippen LogP contribution in [0.2, 0.25) is 0 Å². The second kappa shape index (κ2) is 4.52. The normalized spacial score (nSPS) is 12.1. The van der Waals surface area contributed by atoms with Gasteiger partial charge in [-0.25, -0.2) is 0 Å². The molecular formula is C11H8N2O2S-2. The summed E-state index contributed by atoms with van der Waals surface area (Å²) in [6, 6.07) is 6.58. The Morgan fingerprint density at radius 3 is 2.81 bits per heavy atom. The van der Waals surface area contributed by atoms with E-state index in [1.807, 2.05) is 0 Å². The molecule has 0 aromatic carbocycles. The molecule has 5 heteroatoms. The van der Waals surface area contributed by atoms with Crippen LogP contribution in [0.5, 0.6) is 0 Å². The maximum atomic E-state index is 11.6. The number of hydrogen-bond donors (Lipinski definition) is 0. The Morgan fingerprint density at radius 2 is 2.19 bits per heavy atom. The van der Waals surface area contributed by atoms with E-state index in [1.54, 1.807) is 29.8 Å². The lowest BCUT2D eigenvalue weighted by molar-refractivity contribution is -0.731. The van der Waals surface area contributed by atoms with E-state index >= 15 is 0 Å². The second-order valence-electron chi connectivity index (χ2n) is 3.10. The summed E-state index contributed by atoms with van der Waals surface area (Å²) < 4.78 is 0. The molecule has 0 fully saturated rings. The third kappa shape index (κ3) is 2.52. The van der Waals surface area contributed by atoms with Gasteiger partial charge >= 0.3 is 0 Å². The maximum absolute atomic E-state index is 11.6. The highest BCUT2D eigenvalue weighted by Crippen LogP contribution is 2.18. The van der Waals surface area contributed by atoms with Gasteiger partial charge in [0.05, 0.1) is 0 Å². The number of aromatic nitrogens is 1. The van der Waals surface area contributed by atoms with Gasteiger partial charge < -0.3 is 15.2 Å². The molecule has 0 amide bonds. The van der Waals surface area contributed by atoms with Gasteiger partial charge in [0.1, 0.15) is 0 Å². The summed E-state index contributed by atoms with van der Waals surface area (Å²) in [6.07, 6.45) is 4.40. The summed E-state index contributed by atoms with van der Waals surface area (Å²) in [7, 11) is 0. The number of hydrogen-bond acceptors (Lipinski definition) is 5. The lowest BCUT2D eigenvalue weighted by Crippen LogP contribution is -2.50. The summed E-state index contributed by atoms with van der Waals surface area (Å²) in [5.41, 5.74) is 0.634. The SMILES string of the molecule is [O-]C([O-])(/N=C/c1cccnc1)c1cccs1. The van der Waals surface area contributed by atoms with Crippen molar-refractivity contribution < 1.29 is 10.2 Å². The molecule has 2 aromatic heterocycles. The third-order valence-corrected chi connectivity index (χ3v) is 2.84. The number of nitrogens with zero attached hydrogens (tertiary/aromatic N) is 2. The molecule has 4 nitrogen and oxygen atoms in total. The first-order valence-electron chi connectivity index (χ1n) is 4.58. The smallest absolute Gasteiger partial charge is 0.0355 e. The lowest BCUT2D eigenvalue weighted by Gasteiger charge is -2.42. The molecule has 0 aliphatic rings. The van der Waals surface area contributed by atoms with Crippen molar-refractivity contribution >= 4 is 17.6 Å². The van der Waals surface area contributed by atoms with Gasteiger partial charge in [-0.15, -0.1) is 11.3 Å². The van der Waals surface area contributed by atoms with E-state index in [-0.39, 0.29) is 4.88 Å². The Morgan fingerprint density at radius 1 is 1.31 bits per heavy atom. The Hall–Kier alpha value is -1.56. The molecule has 2 aromatic rings. The van der Waals surface area contributed by atoms with Crippen molar-refractivity contribution in [2.45, 2.75) is 5.91 Å². The molecule has 0 saturated heterocycles. The zero-order valence-corrected chi connectivity index (χ0v) is 9.05. The largest absolute Gasteiger partial charge is 0.842 e. The van der Waals surface area contributed by atoms with E-state index in [0.29, 0.717) is 5.56 Å². The van der Waals surface area contributed by atoms with Gasteiger partial charge in [-0.2, -0.15) is 0 Å². The topological polar surface area (TPSA) is 71.4 Å². The summed E-state index contributed by atoms with van der Waals surface area (Å²) in [5, 5.41) is 24.8. The van der Waals surface area contributed by atoms with Gasteiger partial charge in [-0.3, -0.25) is 4.98 Å². The predicted octanol–water partition coefficient (Wildman–Crippen LogP) is 0.0931. The van der Waals surface area contributed by atoms with Crippen molar-refractivity contribution in [2.75, 3.05) is 0 Å². The molecule has 2 rings (SSSR count). The highest BCUT2D eigenvalue weighted by Gasteiger charge is 2.02. The fourth-order valence-electron chi connectivity index (χ4n) is 1.13. The summed E-state index contributed by atoms with van der Waals surface area (Å²) >= 11 is 1.11. The van der Waals surface area contributed by atoms with E-state index in [2.05, 4.69) is 9.98 Å². The van der Waals surface area contributed by atoms with Gasteiger partial charge in [-0.05, 0) is 22.4 Å². The van der Waals surface area contributed by atoms with Crippen molar-refractivity contribution in [2.24, 2.45) is 4.99 Å². The van der Waals surface area contributed by atoms with E-state index in [9.17, 15) is 10.2 Å². The molecule has 0 saturated carbocycles. The first-order valence-corrected chi connectivity index (χ1v) is 5.46. The van der Waals surface area contributed by atoms with E-state index in [0.717, 1.165) is 11.3 Å². The molecule has 82 valence electrons. The molecule has 2 heterocycles. The Bertz CT molecular complexity index is 466. The minimum atomic E-state index is -2.66. The molecule has 16 heavy (non-hydrogen) atoms. The number of thiophene rings is 1. The average molecular weight is 232 g/mol. The molecule has 0 radical (unpaired) electrons. The molecule has 0 atom stereocenters. The van der Waals surface area contributed by atoms with Crippen LogP contribution in [0.3, 0.4) is 0 Å². The standard InChI is InChI=1S/C11H8N2O2S/c14-11(15,10-4-2-6-16-10)13-8-9-3-1-5-12-7-9/h1-8H/q-2/b13-8+. The van der Waals surface area contributed by atoms with Crippen molar-refractivity contribution in [3.63, 3.8) is 0 Å². The van der Waals surface area contributed by atoms with Gasteiger partial charge in [0, 0.05) is 24.2 Å². The van der Waals surface area contributed by atoms with Crippen LogP contribution in [0.1, 0.15) is 10.4 Å². The summed E-state index contributed by atoms with van der Waals surface area (Å²) in [4.78, 5) is 7.52. The Labute approximate surface area is 96.6 Å². The second-order valence-corrected chi connectivity index (χ2v) is 4.05. The minimum absolute atomic E-state index is 0.160. The zero-order valence-electron chi connectivity index (χ0n) is 8.24. The van der Waals surface area contributed by atoms with Crippen LogP contribution in [0.15, 0.2) is 47.0 Å². The molecule has 0 spiro atoms. The minimum Gasteiger partial charge on any atom is -0.842 e. The van der Waals surface area contributed by atoms with Crippen LogP contribution in [-0.2, 0) is 5.91 Å². The van der Waals surface area contributed by atoms with Gasteiger partial charge in [0.25, 0.3) is 0 Å². The maximum Gasteiger partial charge on any atom is 0.0355 e. The predicted molar refractivity (Wildman–Crippen MR) is 57.8 cm³/mol. The van der Waals surface area contributed by atoms with Crippen LogP contribution < -0.4 is 10.2 Å². The summed E-state index contributed by atoms with van der Waals surface area (Å²) in [5.74, 6) is -2.66. The quantitative estimate of drug-likeness (QED) is 0.556. The van der Waals surface area contributed by atoms with E-state index < -0.39 is 5.91 Å². The highest BCUT2D eigenvalue weighted by molar-refractivity contribution is 7.10. The first-order chi connectivity index (χ1) is 7.68. The number of aliphatic imine (C=N–C) groups is 1. The van der Waals surface area contributed by atoms with Crippen LogP contribution >= 0.6 is 11.3 Å². The molecule has 0 unspecified atom stereocenters. The van der Waals surface area contributed by atoms with Gasteiger partial charge in [0.15, 0.2) is 0 Å². The Balaban J connectivity index is 2.18. The molecular weight excluding hydrogens is 224 g/mol. The van der Waals surface area contributed by atoms with Crippen LogP contribution in [0.25, 0.3) is 0 Å². The van der Waals surface area contributed by atoms with Crippen molar-refractivity contribution in [1.29, 1.82) is 0 Å². The van der Waals surface area contributed by atoms with Crippen molar-refractivity contribution in [3.8, 4) is 0 Å². The third-order valence-electron chi connectivity index (χ3n) is 1.90. The number of pyridine rings is 1. The summed E-state index contributed by atoms with van der Waals surface area (Å²) in [6.45, 7) is 0. The first kappa shape index (κ1) is 10.9. The molecule has 0 N–H and O–H groups in total. The van der Waals surface area contributed by atoms with Crippen molar-refractivity contribution in [1.82, 2.24) is 4.98 Å². The number of rotatable bonds is 3. The average Bonchev–Trinajstić information content (AvgIpc) is 2.82. The van der Waals surface area contributed by atoms with Gasteiger partial charge in [-0.1, -0.05) is 18.0 Å². The fraction of sp³-hybridized carbons (Fsp3) is 0.0909. The van der Waals surface area contributed by atoms with E-state index in [4.69, 9.17) is 0 Å². The van der Waals surface area contributed by atoms with Crippen LogP contribution in [0, 0.1) is 0 Å². The lowest BCUT2D eigenvalue weighted by atomic mass is 10.3. The van der Waals surface area contributed by atoms with Crippen LogP contribution in [0.4, 0.5) is 0 Å². The molecule has 0 aliphatic heterocycles. The monoisotopic (exact) mass is 232 g/mol. The van der Waals surface area contributed by atoms with E-state index in [1.165, 1.54) is 18.5 Å². The van der Waals surface area contributed by atoms with Gasteiger partial charge in [0.2, 0.25) is 0 Å². The zero-order chi connectivity index (χ0) is 11.4. The van der Waals surface area contributed by atoms with Crippen molar-refractivity contribution in [3.05, 3.63) is 52.5 Å².